The van der Waals surface area contributed by atoms with Gasteiger partial charge in [-0.1, -0.05) is 36.4 Å². The van der Waals surface area contributed by atoms with E-state index in [1.165, 1.54) is 6.08 Å². The number of allylic oxidation sites excluding steroid dienone is 1. The number of sulfone groups is 1. The standard InChI is InChI=1S/C13H16O4S/c1-2-6-12(13(14)15)10-18(16,17)9-11-7-4-3-5-8-11/h2-5,7-8,12H,1,6,9-10H2,(H,14,15)/t12-/m0/s1. The summed E-state index contributed by atoms with van der Waals surface area (Å²) in [7, 11) is -3.43. The summed E-state index contributed by atoms with van der Waals surface area (Å²) >= 11 is 0. The van der Waals surface area contributed by atoms with Crippen LogP contribution in [0.2, 0.25) is 0 Å². The molecule has 98 valence electrons. The van der Waals surface area contributed by atoms with Crippen molar-refractivity contribution in [1.82, 2.24) is 0 Å². The third kappa shape index (κ3) is 4.71. The summed E-state index contributed by atoms with van der Waals surface area (Å²) in [6, 6.07) is 8.72. The summed E-state index contributed by atoms with van der Waals surface area (Å²) in [5.41, 5.74) is 0.667. The maximum Gasteiger partial charge on any atom is 0.307 e. The van der Waals surface area contributed by atoms with Crippen LogP contribution in [-0.2, 0) is 20.4 Å². The van der Waals surface area contributed by atoms with Crippen molar-refractivity contribution < 1.29 is 18.3 Å². The van der Waals surface area contributed by atoms with Gasteiger partial charge in [0.25, 0.3) is 0 Å². The molecule has 0 aliphatic rings. The maximum absolute atomic E-state index is 11.9. The molecular formula is C13H16O4S. The van der Waals surface area contributed by atoms with Crippen molar-refractivity contribution in [2.45, 2.75) is 12.2 Å². The number of carbonyl (C=O) groups is 1. The Labute approximate surface area is 107 Å². The number of hydrogen-bond donors (Lipinski definition) is 1. The number of hydrogen-bond acceptors (Lipinski definition) is 3. The molecule has 0 aromatic heterocycles. The highest BCUT2D eigenvalue weighted by molar-refractivity contribution is 7.90. The first-order chi connectivity index (χ1) is 8.44. The first-order valence-corrected chi connectivity index (χ1v) is 7.35. The second-order valence-electron chi connectivity index (χ2n) is 4.10. The fourth-order valence-electron chi connectivity index (χ4n) is 1.63. The van der Waals surface area contributed by atoms with Crippen LogP contribution in [-0.4, -0.2) is 25.2 Å². The van der Waals surface area contributed by atoms with Crippen LogP contribution in [0.1, 0.15) is 12.0 Å². The number of benzene rings is 1. The highest BCUT2D eigenvalue weighted by Gasteiger charge is 2.24. The first kappa shape index (κ1) is 14.4. The van der Waals surface area contributed by atoms with Crippen molar-refractivity contribution in [2.75, 3.05) is 5.75 Å². The van der Waals surface area contributed by atoms with Crippen molar-refractivity contribution in [3.63, 3.8) is 0 Å². The molecule has 4 nitrogen and oxygen atoms in total. The van der Waals surface area contributed by atoms with Gasteiger partial charge in [-0.05, 0) is 12.0 Å². The molecule has 1 atom stereocenters. The number of carboxylic acid groups (broad SMARTS) is 1. The van der Waals surface area contributed by atoms with Gasteiger partial charge in [0.1, 0.15) is 0 Å². The van der Waals surface area contributed by atoms with Gasteiger partial charge in [-0.15, -0.1) is 6.58 Å². The number of rotatable bonds is 7. The molecule has 0 aliphatic heterocycles. The quantitative estimate of drug-likeness (QED) is 0.766. The van der Waals surface area contributed by atoms with Crippen LogP contribution in [0, 0.1) is 5.92 Å². The lowest BCUT2D eigenvalue weighted by Crippen LogP contribution is -2.24. The van der Waals surface area contributed by atoms with Crippen molar-refractivity contribution in [3.05, 3.63) is 48.6 Å². The van der Waals surface area contributed by atoms with E-state index in [4.69, 9.17) is 5.11 Å². The number of aliphatic carboxylic acids is 1. The molecule has 0 spiro atoms. The minimum Gasteiger partial charge on any atom is -0.481 e. The van der Waals surface area contributed by atoms with Gasteiger partial charge >= 0.3 is 5.97 Å². The van der Waals surface area contributed by atoms with E-state index in [1.54, 1.807) is 30.3 Å². The molecule has 0 saturated carbocycles. The average molecular weight is 268 g/mol. The molecule has 1 rings (SSSR count). The zero-order valence-electron chi connectivity index (χ0n) is 9.95. The predicted octanol–water partition coefficient (Wildman–Crippen LogP) is 1.88. The Kier molecular flexibility index (Phi) is 5.09. The summed E-state index contributed by atoms with van der Waals surface area (Å²) < 4.78 is 23.8. The van der Waals surface area contributed by atoms with Crippen molar-refractivity contribution >= 4 is 15.8 Å². The molecule has 0 radical (unpaired) electrons. The van der Waals surface area contributed by atoms with Gasteiger partial charge in [0, 0.05) is 0 Å². The molecule has 5 heteroatoms. The van der Waals surface area contributed by atoms with Gasteiger partial charge in [-0.3, -0.25) is 4.79 Å². The van der Waals surface area contributed by atoms with E-state index >= 15 is 0 Å². The normalized spacial score (nSPS) is 12.9. The van der Waals surface area contributed by atoms with Gasteiger partial charge in [0.2, 0.25) is 0 Å². The lowest BCUT2D eigenvalue weighted by molar-refractivity contribution is -0.140. The molecule has 18 heavy (non-hydrogen) atoms. The summed E-state index contributed by atoms with van der Waals surface area (Å²) in [6.45, 7) is 3.44. The molecular weight excluding hydrogens is 252 g/mol. The van der Waals surface area contributed by atoms with E-state index in [-0.39, 0.29) is 17.9 Å². The van der Waals surface area contributed by atoms with E-state index in [0.717, 1.165) is 0 Å². The predicted molar refractivity (Wildman–Crippen MR) is 69.9 cm³/mol. The fourth-order valence-corrected chi connectivity index (χ4v) is 3.34. The first-order valence-electron chi connectivity index (χ1n) is 5.52. The Balaban J connectivity index is 2.75. The second-order valence-corrected chi connectivity index (χ2v) is 6.21. The van der Waals surface area contributed by atoms with Gasteiger partial charge < -0.3 is 5.11 Å². The zero-order valence-corrected chi connectivity index (χ0v) is 10.8. The van der Waals surface area contributed by atoms with Crippen LogP contribution in [0.4, 0.5) is 0 Å². The van der Waals surface area contributed by atoms with Crippen LogP contribution >= 0.6 is 0 Å². The fraction of sp³-hybridized carbons (Fsp3) is 0.308. The molecule has 1 N–H and O–H groups in total. The number of carboxylic acids is 1. The Morgan fingerprint density at radius 1 is 1.33 bits per heavy atom. The molecule has 1 aromatic carbocycles. The third-order valence-electron chi connectivity index (χ3n) is 2.48. The third-order valence-corrected chi connectivity index (χ3v) is 4.17. The molecule has 0 saturated heterocycles. The lowest BCUT2D eigenvalue weighted by atomic mass is 10.1. The summed E-state index contributed by atoms with van der Waals surface area (Å²) in [4.78, 5) is 10.9. The summed E-state index contributed by atoms with van der Waals surface area (Å²) in [5.74, 6) is -2.51. The molecule has 0 fully saturated rings. The molecule has 0 aliphatic carbocycles. The van der Waals surface area contributed by atoms with Crippen molar-refractivity contribution in [2.24, 2.45) is 5.92 Å². The maximum atomic E-state index is 11.9. The largest absolute Gasteiger partial charge is 0.481 e. The smallest absolute Gasteiger partial charge is 0.307 e. The van der Waals surface area contributed by atoms with Crippen LogP contribution in [0.3, 0.4) is 0 Å². The van der Waals surface area contributed by atoms with E-state index in [0.29, 0.717) is 5.56 Å². The highest BCUT2D eigenvalue weighted by atomic mass is 32.2. The van der Waals surface area contributed by atoms with Crippen molar-refractivity contribution in [1.29, 1.82) is 0 Å². The van der Waals surface area contributed by atoms with E-state index in [2.05, 4.69) is 6.58 Å². The molecule has 0 unspecified atom stereocenters. The lowest BCUT2D eigenvalue weighted by Gasteiger charge is -2.10. The summed E-state index contributed by atoms with van der Waals surface area (Å²) in [5, 5.41) is 8.92. The Hall–Kier alpha value is -1.62. The summed E-state index contributed by atoms with van der Waals surface area (Å²) in [6.07, 6.45) is 1.58. The topological polar surface area (TPSA) is 71.4 Å². The van der Waals surface area contributed by atoms with E-state index in [9.17, 15) is 13.2 Å². The van der Waals surface area contributed by atoms with Gasteiger partial charge in [-0.25, -0.2) is 8.42 Å². The van der Waals surface area contributed by atoms with E-state index in [1.807, 2.05) is 0 Å². The Morgan fingerprint density at radius 3 is 2.44 bits per heavy atom. The Bertz CT molecular complexity index is 505. The second kappa shape index (κ2) is 6.35. The minimum atomic E-state index is -3.43. The van der Waals surface area contributed by atoms with Gasteiger partial charge in [0.05, 0.1) is 17.4 Å². The van der Waals surface area contributed by atoms with Crippen LogP contribution < -0.4 is 0 Å². The molecule has 0 bridgehead atoms. The van der Waals surface area contributed by atoms with Gasteiger partial charge in [0.15, 0.2) is 9.84 Å². The van der Waals surface area contributed by atoms with Gasteiger partial charge in [-0.2, -0.15) is 0 Å². The Morgan fingerprint density at radius 2 is 1.94 bits per heavy atom. The average Bonchev–Trinajstić information content (AvgIpc) is 2.28. The van der Waals surface area contributed by atoms with Crippen LogP contribution in [0.5, 0.6) is 0 Å². The van der Waals surface area contributed by atoms with Crippen LogP contribution in [0.25, 0.3) is 0 Å². The SMILES string of the molecule is C=CC[C@@H](CS(=O)(=O)Cc1ccccc1)C(=O)O. The van der Waals surface area contributed by atoms with Crippen molar-refractivity contribution in [3.8, 4) is 0 Å². The molecule has 0 amide bonds. The minimum absolute atomic E-state index is 0.130. The molecule has 1 aromatic rings. The van der Waals surface area contributed by atoms with E-state index < -0.39 is 21.7 Å². The zero-order chi connectivity index (χ0) is 13.6. The van der Waals surface area contributed by atoms with Crippen LogP contribution in [0.15, 0.2) is 43.0 Å². The molecule has 0 heterocycles. The highest BCUT2D eigenvalue weighted by Crippen LogP contribution is 2.13. The monoisotopic (exact) mass is 268 g/mol.